The molecule has 1 rings (SSSR count). The number of carboxylic acid groups (broad SMARTS) is 1. The number of carbonyl (C=O) groups is 1. The minimum Gasteiger partial charge on any atom is -0.481 e. The fraction of sp³-hybridized carbons (Fsp3) is 0.588. The van der Waals surface area contributed by atoms with E-state index in [9.17, 15) is 4.79 Å². The molecule has 0 radical (unpaired) electrons. The minimum atomic E-state index is -0.670. The van der Waals surface area contributed by atoms with E-state index in [4.69, 9.17) is 5.11 Å². The van der Waals surface area contributed by atoms with Gasteiger partial charge in [0.25, 0.3) is 0 Å². The number of rotatable bonds is 10. The van der Waals surface area contributed by atoms with Gasteiger partial charge in [-0.15, -0.1) is 0 Å². The minimum absolute atomic E-state index is 0.324. The van der Waals surface area contributed by atoms with Crippen LogP contribution in [0, 0.1) is 0 Å². The molecule has 106 valence electrons. The van der Waals surface area contributed by atoms with Gasteiger partial charge in [-0.2, -0.15) is 0 Å². The Hall–Kier alpha value is -1.31. The van der Waals surface area contributed by atoms with Crippen LogP contribution < -0.4 is 0 Å². The highest BCUT2D eigenvalue weighted by molar-refractivity contribution is 5.66. The highest BCUT2D eigenvalue weighted by Crippen LogP contribution is 2.21. The lowest BCUT2D eigenvalue weighted by molar-refractivity contribution is -0.137. The highest BCUT2D eigenvalue weighted by Gasteiger charge is 2.04. The molecular formula is C17H26O2. The van der Waals surface area contributed by atoms with Gasteiger partial charge < -0.3 is 5.11 Å². The fourth-order valence-electron chi connectivity index (χ4n) is 2.38. The lowest BCUT2D eigenvalue weighted by atomic mass is 9.95. The van der Waals surface area contributed by atoms with E-state index < -0.39 is 5.97 Å². The van der Waals surface area contributed by atoms with Crippen molar-refractivity contribution in [2.45, 2.75) is 64.2 Å². The number of hydrogen-bond acceptors (Lipinski definition) is 1. The van der Waals surface area contributed by atoms with E-state index in [2.05, 4.69) is 37.3 Å². The Bertz CT molecular complexity index is 346. The molecule has 0 amide bonds. The third-order valence-corrected chi connectivity index (χ3v) is 3.65. The van der Waals surface area contributed by atoms with Crippen molar-refractivity contribution in [1.29, 1.82) is 0 Å². The van der Waals surface area contributed by atoms with Gasteiger partial charge in [-0.05, 0) is 24.3 Å². The number of hydrogen-bond donors (Lipinski definition) is 1. The van der Waals surface area contributed by atoms with Gasteiger partial charge in [-0.1, -0.05) is 69.4 Å². The second kappa shape index (κ2) is 9.60. The molecule has 19 heavy (non-hydrogen) atoms. The van der Waals surface area contributed by atoms with E-state index in [0.29, 0.717) is 12.3 Å². The molecule has 0 unspecified atom stereocenters. The Morgan fingerprint density at radius 1 is 1.00 bits per heavy atom. The molecule has 0 saturated carbocycles. The van der Waals surface area contributed by atoms with E-state index >= 15 is 0 Å². The molecule has 0 aliphatic heterocycles. The Labute approximate surface area is 116 Å². The average Bonchev–Trinajstić information content (AvgIpc) is 2.42. The third kappa shape index (κ3) is 7.66. The van der Waals surface area contributed by atoms with Gasteiger partial charge in [0, 0.05) is 6.42 Å². The summed E-state index contributed by atoms with van der Waals surface area (Å²) in [5, 5.41) is 8.52. The van der Waals surface area contributed by atoms with Crippen molar-refractivity contribution in [1.82, 2.24) is 0 Å². The molecular weight excluding hydrogens is 236 g/mol. The van der Waals surface area contributed by atoms with Crippen molar-refractivity contribution in [3.8, 4) is 0 Å². The monoisotopic (exact) mass is 262 g/mol. The molecule has 0 aromatic heterocycles. The fourth-order valence-corrected chi connectivity index (χ4v) is 2.38. The summed E-state index contributed by atoms with van der Waals surface area (Å²) in [5.41, 5.74) is 1.43. The molecule has 0 bridgehead atoms. The smallest absolute Gasteiger partial charge is 0.303 e. The van der Waals surface area contributed by atoms with Crippen molar-refractivity contribution in [2.24, 2.45) is 0 Å². The molecule has 0 fully saturated rings. The maximum absolute atomic E-state index is 10.3. The maximum atomic E-state index is 10.3. The first-order valence-electron chi connectivity index (χ1n) is 7.47. The van der Waals surface area contributed by atoms with E-state index in [1.165, 1.54) is 37.7 Å². The molecule has 1 N–H and O–H groups in total. The molecule has 1 aromatic carbocycles. The Morgan fingerprint density at radius 2 is 1.58 bits per heavy atom. The van der Waals surface area contributed by atoms with Crippen LogP contribution in [0.1, 0.15) is 69.8 Å². The summed E-state index contributed by atoms with van der Waals surface area (Å²) >= 11 is 0. The first-order valence-corrected chi connectivity index (χ1v) is 7.47. The van der Waals surface area contributed by atoms with Crippen LogP contribution in [-0.4, -0.2) is 11.1 Å². The molecule has 2 heteroatoms. The van der Waals surface area contributed by atoms with Gasteiger partial charge in [0.2, 0.25) is 0 Å². The first kappa shape index (κ1) is 15.7. The number of benzene rings is 1. The van der Waals surface area contributed by atoms with E-state index in [0.717, 1.165) is 12.8 Å². The topological polar surface area (TPSA) is 37.3 Å². The van der Waals surface area contributed by atoms with Crippen LogP contribution in [0.25, 0.3) is 0 Å². The van der Waals surface area contributed by atoms with Crippen LogP contribution in [0.5, 0.6) is 0 Å². The summed E-state index contributed by atoms with van der Waals surface area (Å²) in [6.45, 7) is 2.29. The van der Waals surface area contributed by atoms with Gasteiger partial charge in [0.05, 0.1) is 0 Å². The maximum Gasteiger partial charge on any atom is 0.303 e. The third-order valence-electron chi connectivity index (χ3n) is 3.65. The van der Waals surface area contributed by atoms with Crippen LogP contribution in [0.2, 0.25) is 0 Å². The van der Waals surface area contributed by atoms with Crippen molar-refractivity contribution < 1.29 is 9.90 Å². The average molecular weight is 262 g/mol. The Balaban J connectivity index is 1.98. The zero-order valence-corrected chi connectivity index (χ0v) is 12.0. The molecule has 0 aliphatic rings. The van der Waals surface area contributed by atoms with Crippen LogP contribution in [0.4, 0.5) is 0 Å². The predicted molar refractivity (Wildman–Crippen MR) is 79.4 cm³/mol. The van der Waals surface area contributed by atoms with Crippen molar-refractivity contribution in [3.05, 3.63) is 35.9 Å². The van der Waals surface area contributed by atoms with Crippen LogP contribution >= 0.6 is 0 Å². The second-order valence-corrected chi connectivity index (χ2v) is 5.37. The van der Waals surface area contributed by atoms with E-state index in [1.54, 1.807) is 0 Å². The Kier molecular flexibility index (Phi) is 7.95. The standard InChI is InChI=1S/C17H26O2/c1-15(16-12-8-6-9-13-16)11-7-4-2-3-5-10-14-17(18)19/h6,8-9,12-13,15H,2-5,7,10-11,14H2,1H3,(H,18,19)/t15-/m0/s1. The van der Waals surface area contributed by atoms with Crippen LogP contribution in [-0.2, 0) is 4.79 Å². The van der Waals surface area contributed by atoms with E-state index in [1.807, 2.05) is 0 Å². The lowest BCUT2D eigenvalue weighted by Gasteiger charge is -2.11. The summed E-state index contributed by atoms with van der Waals surface area (Å²) < 4.78 is 0. The molecule has 0 heterocycles. The zero-order chi connectivity index (χ0) is 13.9. The van der Waals surface area contributed by atoms with Crippen molar-refractivity contribution >= 4 is 5.97 Å². The molecule has 1 atom stereocenters. The van der Waals surface area contributed by atoms with Gasteiger partial charge >= 0.3 is 5.97 Å². The summed E-state index contributed by atoms with van der Waals surface area (Å²) in [7, 11) is 0. The van der Waals surface area contributed by atoms with Gasteiger partial charge in [0.1, 0.15) is 0 Å². The van der Waals surface area contributed by atoms with Crippen molar-refractivity contribution in [2.75, 3.05) is 0 Å². The quantitative estimate of drug-likeness (QED) is 0.603. The van der Waals surface area contributed by atoms with Crippen LogP contribution in [0.3, 0.4) is 0 Å². The highest BCUT2D eigenvalue weighted by atomic mass is 16.4. The second-order valence-electron chi connectivity index (χ2n) is 5.37. The predicted octanol–water partition coefficient (Wildman–Crippen LogP) is 5.00. The number of carboxylic acids is 1. The molecule has 2 nitrogen and oxygen atoms in total. The molecule has 0 saturated heterocycles. The summed E-state index contributed by atoms with van der Waals surface area (Å²) in [5.74, 6) is -0.0232. The van der Waals surface area contributed by atoms with E-state index in [-0.39, 0.29) is 0 Å². The van der Waals surface area contributed by atoms with Gasteiger partial charge in [-0.25, -0.2) is 0 Å². The molecule has 0 aliphatic carbocycles. The van der Waals surface area contributed by atoms with Crippen molar-refractivity contribution in [3.63, 3.8) is 0 Å². The number of unbranched alkanes of at least 4 members (excludes halogenated alkanes) is 5. The molecule has 0 spiro atoms. The zero-order valence-electron chi connectivity index (χ0n) is 12.0. The van der Waals surface area contributed by atoms with Gasteiger partial charge in [-0.3, -0.25) is 4.79 Å². The summed E-state index contributed by atoms with van der Waals surface area (Å²) in [6, 6.07) is 10.7. The largest absolute Gasteiger partial charge is 0.481 e. The summed E-state index contributed by atoms with van der Waals surface area (Å²) in [6.07, 6.45) is 8.41. The van der Waals surface area contributed by atoms with Crippen LogP contribution in [0.15, 0.2) is 30.3 Å². The lowest BCUT2D eigenvalue weighted by Crippen LogP contribution is -1.94. The SMILES string of the molecule is C[C@@H](CCCCCCCCC(=O)O)c1ccccc1. The normalized spacial score (nSPS) is 12.3. The molecule has 1 aromatic rings. The Morgan fingerprint density at radius 3 is 2.21 bits per heavy atom. The number of aliphatic carboxylic acids is 1. The first-order chi connectivity index (χ1) is 9.20. The summed E-state index contributed by atoms with van der Waals surface area (Å²) in [4.78, 5) is 10.3. The van der Waals surface area contributed by atoms with Gasteiger partial charge in [0.15, 0.2) is 0 Å².